The molecule has 130 valence electrons. The minimum absolute atomic E-state index is 0.108. The van der Waals surface area contributed by atoms with E-state index in [2.05, 4.69) is 27.8 Å². The van der Waals surface area contributed by atoms with Gasteiger partial charge in [0.2, 0.25) is 11.0 Å². The second-order valence-electron chi connectivity index (χ2n) is 6.16. The molecule has 0 bridgehead atoms. The Morgan fingerprint density at radius 2 is 2.13 bits per heavy atom. The molecule has 2 N–H and O–H groups in total. The zero-order valence-corrected chi connectivity index (χ0v) is 15.8. The lowest BCUT2D eigenvalue weighted by Gasteiger charge is -2.22. The first-order chi connectivity index (χ1) is 11.2. The quantitative estimate of drug-likeness (QED) is 0.518. The van der Waals surface area contributed by atoms with Gasteiger partial charge in [-0.3, -0.25) is 4.79 Å². The van der Waals surface area contributed by atoms with Crippen molar-refractivity contribution in [2.24, 2.45) is 5.92 Å². The second kappa shape index (κ2) is 10.1. The molecule has 1 aromatic rings. The molecule has 1 aromatic heterocycles. The van der Waals surface area contributed by atoms with Crippen molar-refractivity contribution in [1.82, 2.24) is 15.5 Å². The Morgan fingerprint density at radius 1 is 1.35 bits per heavy atom. The summed E-state index contributed by atoms with van der Waals surface area (Å²) >= 11 is 3.02. The lowest BCUT2D eigenvalue weighted by Crippen LogP contribution is -2.35. The maximum Gasteiger partial charge on any atom is 0.233 e. The number of rotatable bonds is 9. The van der Waals surface area contributed by atoms with Gasteiger partial charge in [0.1, 0.15) is 0 Å². The van der Waals surface area contributed by atoms with Crippen LogP contribution in [0.2, 0.25) is 0 Å². The Hall–Kier alpha value is -0.820. The molecule has 1 saturated carbocycles. The van der Waals surface area contributed by atoms with Crippen molar-refractivity contribution < 1.29 is 4.79 Å². The van der Waals surface area contributed by atoms with E-state index in [1.165, 1.54) is 55.2 Å². The summed E-state index contributed by atoms with van der Waals surface area (Å²) in [7, 11) is 0. The van der Waals surface area contributed by atoms with Gasteiger partial charge in [0, 0.05) is 13.1 Å². The molecule has 1 fully saturated rings. The fourth-order valence-electron chi connectivity index (χ4n) is 2.69. The molecule has 0 aliphatic heterocycles. The summed E-state index contributed by atoms with van der Waals surface area (Å²) in [4.78, 5) is 12.2. The number of unbranched alkanes of at least 4 members (excludes halogenated alkanes) is 1. The summed E-state index contributed by atoms with van der Waals surface area (Å²) in [6, 6.07) is 0. The first-order valence-corrected chi connectivity index (χ1v) is 10.4. The maximum absolute atomic E-state index is 12.2. The molecule has 0 radical (unpaired) electrons. The van der Waals surface area contributed by atoms with E-state index >= 15 is 0 Å². The number of nitrogens with one attached hydrogen (secondary N) is 2. The SMILES string of the molecule is CCCCNc1nnc(SC(C)C(=O)NCC2CCCCC2)s1. The van der Waals surface area contributed by atoms with Gasteiger partial charge < -0.3 is 10.6 Å². The van der Waals surface area contributed by atoms with Crippen LogP contribution in [0.1, 0.15) is 58.8 Å². The van der Waals surface area contributed by atoms with E-state index in [0.717, 1.165) is 35.4 Å². The van der Waals surface area contributed by atoms with Crippen LogP contribution in [0.3, 0.4) is 0 Å². The smallest absolute Gasteiger partial charge is 0.233 e. The molecule has 1 amide bonds. The third-order valence-electron chi connectivity index (χ3n) is 4.15. The van der Waals surface area contributed by atoms with Gasteiger partial charge in [-0.1, -0.05) is 55.7 Å². The van der Waals surface area contributed by atoms with Crippen LogP contribution in [-0.4, -0.2) is 34.4 Å². The van der Waals surface area contributed by atoms with Crippen molar-refractivity contribution >= 4 is 34.1 Å². The summed E-state index contributed by atoms with van der Waals surface area (Å²) in [6.07, 6.45) is 8.76. The number of aromatic nitrogens is 2. The fourth-order valence-corrected chi connectivity index (χ4v) is 4.63. The topological polar surface area (TPSA) is 66.9 Å². The highest BCUT2D eigenvalue weighted by Crippen LogP contribution is 2.29. The third kappa shape index (κ3) is 6.67. The number of hydrogen-bond donors (Lipinski definition) is 2. The third-order valence-corrected chi connectivity index (χ3v) is 6.21. The molecule has 0 saturated heterocycles. The Morgan fingerprint density at radius 3 is 2.87 bits per heavy atom. The number of carbonyl (C=O) groups is 1. The Balaban J connectivity index is 1.70. The second-order valence-corrected chi connectivity index (χ2v) is 8.73. The molecule has 0 aromatic carbocycles. The van der Waals surface area contributed by atoms with Crippen molar-refractivity contribution in [2.75, 3.05) is 18.4 Å². The highest BCUT2D eigenvalue weighted by atomic mass is 32.2. The maximum atomic E-state index is 12.2. The van der Waals surface area contributed by atoms with Crippen LogP contribution in [0.5, 0.6) is 0 Å². The zero-order valence-electron chi connectivity index (χ0n) is 14.1. The van der Waals surface area contributed by atoms with E-state index in [4.69, 9.17) is 0 Å². The van der Waals surface area contributed by atoms with Crippen LogP contribution in [-0.2, 0) is 4.79 Å². The average molecular weight is 357 g/mol. The number of anilines is 1. The summed E-state index contributed by atoms with van der Waals surface area (Å²) in [6.45, 7) is 5.85. The molecular formula is C16H28N4OS2. The molecule has 5 nitrogen and oxygen atoms in total. The van der Waals surface area contributed by atoms with Gasteiger partial charge in [-0.15, -0.1) is 10.2 Å². The molecule has 0 spiro atoms. The number of nitrogens with zero attached hydrogens (tertiary/aromatic N) is 2. The van der Waals surface area contributed by atoms with E-state index < -0.39 is 0 Å². The van der Waals surface area contributed by atoms with Crippen molar-refractivity contribution in [3.05, 3.63) is 0 Å². The van der Waals surface area contributed by atoms with Crippen LogP contribution in [0.25, 0.3) is 0 Å². The normalized spacial score (nSPS) is 17.0. The number of amides is 1. The summed E-state index contributed by atoms with van der Waals surface area (Å²) in [5.74, 6) is 0.775. The Labute approximate surface area is 147 Å². The van der Waals surface area contributed by atoms with Gasteiger partial charge in [-0.05, 0) is 32.1 Å². The molecule has 1 aliphatic carbocycles. The number of thioether (sulfide) groups is 1. The molecular weight excluding hydrogens is 328 g/mol. The van der Waals surface area contributed by atoms with Crippen LogP contribution in [0.15, 0.2) is 4.34 Å². The number of hydrogen-bond acceptors (Lipinski definition) is 6. The van der Waals surface area contributed by atoms with Crippen LogP contribution < -0.4 is 10.6 Å². The highest BCUT2D eigenvalue weighted by molar-refractivity contribution is 8.02. The first kappa shape index (κ1) is 18.5. The van der Waals surface area contributed by atoms with Crippen molar-refractivity contribution in [1.29, 1.82) is 0 Å². The Kier molecular flexibility index (Phi) is 8.16. The van der Waals surface area contributed by atoms with Gasteiger partial charge in [-0.2, -0.15) is 0 Å². The van der Waals surface area contributed by atoms with Crippen LogP contribution >= 0.6 is 23.1 Å². The molecule has 1 aliphatic rings. The molecule has 2 rings (SSSR count). The minimum atomic E-state index is -0.130. The molecule has 23 heavy (non-hydrogen) atoms. The van der Waals surface area contributed by atoms with E-state index in [1.807, 2.05) is 6.92 Å². The minimum Gasteiger partial charge on any atom is -0.360 e. The van der Waals surface area contributed by atoms with E-state index in [-0.39, 0.29) is 11.2 Å². The largest absolute Gasteiger partial charge is 0.360 e. The van der Waals surface area contributed by atoms with Crippen LogP contribution in [0, 0.1) is 5.92 Å². The average Bonchev–Trinajstić information content (AvgIpc) is 3.01. The molecule has 1 unspecified atom stereocenters. The predicted octanol–water partition coefficient (Wildman–Crippen LogP) is 3.93. The van der Waals surface area contributed by atoms with Gasteiger partial charge in [-0.25, -0.2) is 0 Å². The molecule has 1 heterocycles. The summed E-state index contributed by atoms with van der Waals surface area (Å²) in [5.41, 5.74) is 0. The summed E-state index contributed by atoms with van der Waals surface area (Å²) < 4.78 is 0.851. The van der Waals surface area contributed by atoms with Crippen LogP contribution in [0.4, 0.5) is 5.13 Å². The fraction of sp³-hybridized carbons (Fsp3) is 0.812. The van der Waals surface area contributed by atoms with E-state index in [1.54, 1.807) is 0 Å². The van der Waals surface area contributed by atoms with Gasteiger partial charge in [0.25, 0.3) is 0 Å². The van der Waals surface area contributed by atoms with E-state index in [0.29, 0.717) is 5.92 Å². The van der Waals surface area contributed by atoms with Crippen molar-refractivity contribution in [3.8, 4) is 0 Å². The highest BCUT2D eigenvalue weighted by Gasteiger charge is 2.19. The summed E-state index contributed by atoms with van der Waals surface area (Å²) in [5, 5.41) is 15.4. The first-order valence-electron chi connectivity index (χ1n) is 8.70. The predicted molar refractivity (Wildman–Crippen MR) is 98.2 cm³/mol. The standard InChI is InChI=1S/C16H28N4OS2/c1-3-4-10-17-15-19-20-16(23-15)22-12(2)14(21)18-11-13-8-6-5-7-9-13/h12-13H,3-11H2,1-2H3,(H,17,19)(H,18,21). The lowest BCUT2D eigenvalue weighted by atomic mass is 9.89. The van der Waals surface area contributed by atoms with Gasteiger partial charge in [0.15, 0.2) is 4.34 Å². The van der Waals surface area contributed by atoms with Crippen molar-refractivity contribution in [3.63, 3.8) is 0 Å². The lowest BCUT2D eigenvalue weighted by molar-refractivity contribution is -0.120. The van der Waals surface area contributed by atoms with Crippen molar-refractivity contribution in [2.45, 2.75) is 68.4 Å². The Bertz CT molecular complexity index is 474. The molecule has 7 heteroatoms. The number of carbonyl (C=O) groups excluding carboxylic acids is 1. The monoisotopic (exact) mass is 356 g/mol. The van der Waals surface area contributed by atoms with Gasteiger partial charge in [0.05, 0.1) is 5.25 Å². The zero-order chi connectivity index (χ0) is 16.5. The molecule has 1 atom stereocenters. The van der Waals surface area contributed by atoms with Gasteiger partial charge >= 0.3 is 0 Å². The van der Waals surface area contributed by atoms with E-state index in [9.17, 15) is 4.79 Å².